The van der Waals surface area contributed by atoms with Gasteiger partial charge in [0.25, 0.3) is 0 Å². The maximum atomic E-state index is 12.1. The molecule has 2 N–H and O–H groups in total. The predicted molar refractivity (Wildman–Crippen MR) is 75.4 cm³/mol. The van der Waals surface area contributed by atoms with Gasteiger partial charge in [0.1, 0.15) is 0 Å². The smallest absolute Gasteiger partial charge is 0.239 e. The molecule has 4 nitrogen and oxygen atoms in total. The number of aliphatic hydroxyl groups excluding tert-OH is 1. The zero-order valence-electron chi connectivity index (χ0n) is 12.8. The first-order valence-corrected chi connectivity index (χ1v) is 6.81. The molecule has 0 aliphatic rings. The monoisotopic (exact) mass is 258 g/mol. The minimum atomic E-state index is -0.155. The SMILES string of the molecule is CCC(C)(CO)CNC(CC(C)C)C(=O)N(C)C. The van der Waals surface area contributed by atoms with E-state index in [1.807, 2.05) is 6.92 Å². The standard InChI is InChI=1S/C14H30N2O2/c1-7-14(4,10-17)9-15-12(8-11(2)3)13(18)16(5)6/h11-12,15,17H,7-10H2,1-6H3. The Hall–Kier alpha value is -0.610. The number of hydrogen-bond donors (Lipinski definition) is 2. The molecule has 0 aliphatic heterocycles. The zero-order valence-corrected chi connectivity index (χ0v) is 12.8. The van der Waals surface area contributed by atoms with Gasteiger partial charge in [0.15, 0.2) is 0 Å². The molecule has 0 fully saturated rings. The lowest BCUT2D eigenvalue weighted by Crippen LogP contribution is -2.48. The van der Waals surface area contributed by atoms with E-state index in [1.165, 1.54) is 0 Å². The van der Waals surface area contributed by atoms with Crippen molar-refractivity contribution in [2.75, 3.05) is 27.2 Å². The summed E-state index contributed by atoms with van der Waals surface area (Å²) in [5.74, 6) is 0.577. The zero-order chi connectivity index (χ0) is 14.3. The van der Waals surface area contributed by atoms with Crippen LogP contribution in [-0.2, 0) is 4.79 Å². The molecular weight excluding hydrogens is 228 g/mol. The predicted octanol–water partition coefficient (Wildman–Crippen LogP) is 1.49. The van der Waals surface area contributed by atoms with Crippen LogP contribution in [0.5, 0.6) is 0 Å². The highest BCUT2D eigenvalue weighted by Crippen LogP contribution is 2.19. The number of carbonyl (C=O) groups excluding carboxylic acids is 1. The van der Waals surface area contributed by atoms with Gasteiger partial charge in [-0.2, -0.15) is 0 Å². The average Bonchev–Trinajstić information content (AvgIpc) is 2.32. The quantitative estimate of drug-likeness (QED) is 0.693. The van der Waals surface area contributed by atoms with Crippen LogP contribution in [0.25, 0.3) is 0 Å². The summed E-state index contributed by atoms with van der Waals surface area (Å²) in [6.07, 6.45) is 1.71. The molecule has 0 saturated carbocycles. The second-order valence-corrected chi connectivity index (χ2v) is 6.12. The fourth-order valence-corrected chi connectivity index (χ4v) is 1.72. The third-order valence-corrected chi connectivity index (χ3v) is 3.46. The Morgan fingerprint density at radius 1 is 1.39 bits per heavy atom. The highest BCUT2D eigenvalue weighted by atomic mass is 16.3. The summed E-state index contributed by atoms with van der Waals surface area (Å²) in [7, 11) is 3.56. The van der Waals surface area contributed by atoms with Crippen LogP contribution in [-0.4, -0.2) is 49.2 Å². The molecule has 2 atom stereocenters. The minimum absolute atomic E-state index is 0.111. The van der Waals surface area contributed by atoms with Crippen molar-refractivity contribution < 1.29 is 9.90 Å². The topological polar surface area (TPSA) is 52.6 Å². The van der Waals surface area contributed by atoms with Crippen LogP contribution in [0, 0.1) is 11.3 Å². The number of hydrogen-bond acceptors (Lipinski definition) is 3. The molecule has 0 saturated heterocycles. The molecular formula is C14H30N2O2. The normalized spacial score (nSPS) is 16.4. The number of rotatable bonds is 8. The van der Waals surface area contributed by atoms with Crippen LogP contribution in [0.15, 0.2) is 0 Å². The van der Waals surface area contributed by atoms with Crippen molar-refractivity contribution in [1.82, 2.24) is 10.2 Å². The largest absolute Gasteiger partial charge is 0.396 e. The van der Waals surface area contributed by atoms with E-state index in [9.17, 15) is 9.90 Å². The van der Waals surface area contributed by atoms with Gasteiger partial charge in [-0.05, 0) is 18.8 Å². The first kappa shape index (κ1) is 17.4. The summed E-state index contributed by atoms with van der Waals surface area (Å²) < 4.78 is 0. The Morgan fingerprint density at radius 3 is 2.28 bits per heavy atom. The first-order valence-electron chi connectivity index (χ1n) is 6.81. The Morgan fingerprint density at radius 2 is 1.94 bits per heavy atom. The van der Waals surface area contributed by atoms with Crippen LogP contribution >= 0.6 is 0 Å². The summed E-state index contributed by atoms with van der Waals surface area (Å²) in [4.78, 5) is 13.7. The molecule has 18 heavy (non-hydrogen) atoms. The first-order chi connectivity index (χ1) is 8.25. The fraction of sp³-hybridized carbons (Fsp3) is 0.929. The molecule has 0 aliphatic carbocycles. The maximum Gasteiger partial charge on any atom is 0.239 e. The van der Waals surface area contributed by atoms with E-state index in [-0.39, 0.29) is 24.0 Å². The second-order valence-electron chi connectivity index (χ2n) is 6.12. The number of aliphatic hydroxyl groups is 1. The van der Waals surface area contributed by atoms with Crippen molar-refractivity contribution >= 4 is 5.91 Å². The van der Waals surface area contributed by atoms with Gasteiger partial charge in [-0.3, -0.25) is 4.79 Å². The molecule has 0 bridgehead atoms. The highest BCUT2D eigenvalue weighted by molar-refractivity contribution is 5.81. The molecule has 0 radical (unpaired) electrons. The number of likely N-dealkylation sites (N-methyl/N-ethyl adjacent to an activating group) is 1. The van der Waals surface area contributed by atoms with E-state index in [2.05, 4.69) is 26.1 Å². The summed E-state index contributed by atoms with van der Waals surface area (Å²) in [5.41, 5.74) is -0.151. The number of amides is 1. The highest BCUT2D eigenvalue weighted by Gasteiger charge is 2.26. The lowest BCUT2D eigenvalue weighted by atomic mass is 9.88. The number of carbonyl (C=O) groups is 1. The van der Waals surface area contributed by atoms with Crippen LogP contribution in [0.2, 0.25) is 0 Å². The molecule has 0 heterocycles. The van der Waals surface area contributed by atoms with Gasteiger partial charge < -0.3 is 15.3 Å². The average molecular weight is 258 g/mol. The van der Waals surface area contributed by atoms with Crippen molar-refractivity contribution in [2.45, 2.75) is 46.6 Å². The molecule has 1 amide bonds. The van der Waals surface area contributed by atoms with Gasteiger partial charge in [0.2, 0.25) is 5.91 Å². The van der Waals surface area contributed by atoms with E-state index >= 15 is 0 Å². The maximum absolute atomic E-state index is 12.1. The van der Waals surface area contributed by atoms with E-state index < -0.39 is 0 Å². The molecule has 2 unspecified atom stereocenters. The van der Waals surface area contributed by atoms with Gasteiger partial charge in [0, 0.05) is 32.7 Å². The fourth-order valence-electron chi connectivity index (χ4n) is 1.72. The van der Waals surface area contributed by atoms with Crippen molar-refractivity contribution in [1.29, 1.82) is 0 Å². The minimum Gasteiger partial charge on any atom is -0.396 e. The van der Waals surface area contributed by atoms with Crippen LogP contribution < -0.4 is 5.32 Å². The van der Waals surface area contributed by atoms with Gasteiger partial charge in [-0.15, -0.1) is 0 Å². The number of nitrogens with one attached hydrogen (secondary N) is 1. The van der Waals surface area contributed by atoms with Crippen molar-refractivity contribution in [3.05, 3.63) is 0 Å². The van der Waals surface area contributed by atoms with E-state index in [0.29, 0.717) is 12.5 Å². The Balaban J connectivity index is 4.55. The van der Waals surface area contributed by atoms with Crippen LogP contribution in [0.3, 0.4) is 0 Å². The lowest BCUT2D eigenvalue weighted by molar-refractivity contribution is -0.131. The van der Waals surface area contributed by atoms with Gasteiger partial charge in [0.05, 0.1) is 6.04 Å². The Labute approximate surface area is 112 Å². The molecule has 0 aromatic rings. The third kappa shape index (κ3) is 5.83. The molecule has 4 heteroatoms. The van der Waals surface area contributed by atoms with E-state index in [0.717, 1.165) is 12.8 Å². The molecule has 0 spiro atoms. The van der Waals surface area contributed by atoms with Crippen LogP contribution in [0.1, 0.15) is 40.5 Å². The number of nitrogens with zero attached hydrogens (tertiary/aromatic N) is 1. The van der Waals surface area contributed by atoms with Gasteiger partial charge >= 0.3 is 0 Å². The van der Waals surface area contributed by atoms with Crippen molar-refractivity contribution in [3.63, 3.8) is 0 Å². The summed E-state index contributed by atoms with van der Waals surface area (Å²) in [6, 6.07) is -0.155. The lowest BCUT2D eigenvalue weighted by Gasteiger charge is -2.30. The Bertz CT molecular complexity index is 248. The second kappa shape index (κ2) is 7.74. The molecule has 0 aromatic carbocycles. The molecule has 108 valence electrons. The summed E-state index contributed by atoms with van der Waals surface area (Å²) in [6.45, 7) is 9.12. The summed E-state index contributed by atoms with van der Waals surface area (Å²) in [5, 5.41) is 12.7. The van der Waals surface area contributed by atoms with E-state index in [4.69, 9.17) is 0 Å². The molecule has 0 rings (SSSR count). The van der Waals surface area contributed by atoms with Crippen molar-refractivity contribution in [2.24, 2.45) is 11.3 Å². The summed E-state index contributed by atoms with van der Waals surface area (Å²) >= 11 is 0. The van der Waals surface area contributed by atoms with Gasteiger partial charge in [-0.25, -0.2) is 0 Å². The van der Waals surface area contributed by atoms with Gasteiger partial charge in [-0.1, -0.05) is 27.7 Å². The van der Waals surface area contributed by atoms with E-state index in [1.54, 1.807) is 19.0 Å². The Kier molecular flexibility index (Phi) is 7.48. The van der Waals surface area contributed by atoms with Crippen LogP contribution in [0.4, 0.5) is 0 Å². The molecule has 0 aromatic heterocycles. The van der Waals surface area contributed by atoms with Crippen molar-refractivity contribution in [3.8, 4) is 0 Å². The third-order valence-electron chi connectivity index (χ3n) is 3.46.